The van der Waals surface area contributed by atoms with Gasteiger partial charge >= 0.3 is 5.97 Å². The van der Waals surface area contributed by atoms with Crippen LogP contribution in [0.1, 0.15) is 71.0 Å². The smallest absolute Gasteiger partial charge is 0.303 e. The molecule has 5 nitrogen and oxygen atoms in total. The van der Waals surface area contributed by atoms with Crippen molar-refractivity contribution in [3.63, 3.8) is 0 Å². The highest BCUT2D eigenvalue weighted by atomic mass is 16.5. The van der Waals surface area contributed by atoms with Crippen LogP contribution in [0.15, 0.2) is 46.1 Å². The minimum absolute atomic E-state index is 0.00526. The molecule has 5 rings (SSSR count). The lowest BCUT2D eigenvalue weighted by molar-refractivity contribution is -0.148. The molecule has 0 aromatic carbocycles. The Balaban J connectivity index is 1.53. The highest BCUT2D eigenvalue weighted by Crippen LogP contribution is 2.67. The van der Waals surface area contributed by atoms with E-state index in [0.717, 1.165) is 37.9 Å². The van der Waals surface area contributed by atoms with Crippen molar-refractivity contribution in [2.24, 2.45) is 28.6 Å². The molecule has 0 spiro atoms. The molecule has 0 aliphatic heterocycles. The standard InChI is InChI=1S/C27H32O5/c1-16(28)32-15-23(30)25-20(24-5-4-12-31-24)14-22-19-7-6-17-13-18(29)8-10-26(17,2)21(19)9-11-27(22,25)3/h4-5,9,12-13,19-20,22,25H,6-8,10-11,14-15H2,1-3H3/t19?,20-,22?,25+,26-,27-/m0/s1. The number of hydrogen-bond acceptors (Lipinski definition) is 5. The summed E-state index contributed by atoms with van der Waals surface area (Å²) in [7, 11) is 0. The molecule has 170 valence electrons. The molecule has 1 aromatic heterocycles. The summed E-state index contributed by atoms with van der Waals surface area (Å²) in [5.74, 6) is 1.20. The zero-order valence-corrected chi connectivity index (χ0v) is 19.2. The first-order valence-corrected chi connectivity index (χ1v) is 11.9. The summed E-state index contributed by atoms with van der Waals surface area (Å²) in [6.07, 6.45) is 11.2. The van der Waals surface area contributed by atoms with Crippen molar-refractivity contribution in [2.45, 2.75) is 65.2 Å². The summed E-state index contributed by atoms with van der Waals surface area (Å²) in [5, 5.41) is 0. The summed E-state index contributed by atoms with van der Waals surface area (Å²) in [5.41, 5.74) is 2.54. The van der Waals surface area contributed by atoms with Crippen molar-refractivity contribution >= 4 is 17.5 Å². The fourth-order valence-electron chi connectivity index (χ4n) is 7.55. The number of Topliss-reactive ketones (excluding diaryl/α,β-unsaturated/α-hetero) is 1. The fourth-order valence-corrected chi connectivity index (χ4v) is 7.55. The van der Waals surface area contributed by atoms with Crippen LogP contribution in [-0.2, 0) is 19.1 Å². The normalized spacial score (nSPS) is 38.2. The molecule has 0 N–H and O–H groups in total. The molecule has 0 saturated heterocycles. The van der Waals surface area contributed by atoms with Gasteiger partial charge in [0.1, 0.15) is 12.4 Å². The van der Waals surface area contributed by atoms with Crippen molar-refractivity contribution < 1.29 is 23.5 Å². The first-order chi connectivity index (χ1) is 15.2. The van der Waals surface area contributed by atoms with Crippen LogP contribution in [0, 0.1) is 28.6 Å². The van der Waals surface area contributed by atoms with Crippen molar-refractivity contribution in [2.75, 3.05) is 6.61 Å². The lowest BCUT2D eigenvalue weighted by Gasteiger charge is -2.53. The van der Waals surface area contributed by atoms with Gasteiger partial charge in [0.05, 0.1) is 6.26 Å². The van der Waals surface area contributed by atoms with Crippen LogP contribution in [0.2, 0.25) is 0 Å². The van der Waals surface area contributed by atoms with Crippen LogP contribution in [-0.4, -0.2) is 24.1 Å². The van der Waals surface area contributed by atoms with Crippen LogP contribution in [0.3, 0.4) is 0 Å². The average Bonchev–Trinajstić information content (AvgIpc) is 3.38. The molecular weight excluding hydrogens is 404 g/mol. The Bertz CT molecular complexity index is 1010. The molecule has 32 heavy (non-hydrogen) atoms. The predicted molar refractivity (Wildman–Crippen MR) is 119 cm³/mol. The molecule has 1 aromatic rings. The van der Waals surface area contributed by atoms with Gasteiger partial charge in [-0.2, -0.15) is 0 Å². The number of allylic oxidation sites excluding steroid dienone is 4. The molecule has 2 fully saturated rings. The quantitative estimate of drug-likeness (QED) is 0.481. The lowest BCUT2D eigenvalue weighted by atomic mass is 9.51. The van der Waals surface area contributed by atoms with Crippen molar-refractivity contribution in [1.82, 2.24) is 0 Å². The molecule has 1 heterocycles. The number of fused-ring (bicyclic) bond motifs is 5. The highest BCUT2D eigenvalue weighted by Gasteiger charge is 2.61. The number of ketones is 2. The van der Waals surface area contributed by atoms with Crippen LogP contribution in [0.5, 0.6) is 0 Å². The van der Waals surface area contributed by atoms with E-state index in [1.54, 1.807) is 6.26 Å². The second-order valence-corrected chi connectivity index (χ2v) is 10.7. The van der Waals surface area contributed by atoms with E-state index in [2.05, 4.69) is 19.9 Å². The lowest BCUT2D eigenvalue weighted by Crippen LogP contribution is -2.46. The van der Waals surface area contributed by atoms with E-state index >= 15 is 0 Å². The van der Waals surface area contributed by atoms with E-state index in [9.17, 15) is 14.4 Å². The summed E-state index contributed by atoms with van der Waals surface area (Å²) >= 11 is 0. The minimum Gasteiger partial charge on any atom is -0.469 e. The van der Waals surface area contributed by atoms with Crippen molar-refractivity contribution in [3.8, 4) is 0 Å². The summed E-state index contributed by atoms with van der Waals surface area (Å²) in [4.78, 5) is 36.9. The van der Waals surface area contributed by atoms with Gasteiger partial charge in [-0.25, -0.2) is 0 Å². The molecular formula is C27H32O5. The topological polar surface area (TPSA) is 73.6 Å². The summed E-state index contributed by atoms with van der Waals surface area (Å²) in [6.45, 7) is 5.73. The van der Waals surface area contributed by atoms with Crippen LogP contribution >= 0.6 is 0 Å². The Hall–Kier alpha value is -2.43. The Morgan fingerprint density at radius 2 is 2.03 bits per heavy atom. The third-order valence-corrected chi connectivity index (χ3v) is 9.07. The Morgan fingerprint density at radius 3 is 2.75 bits per heavy atom. The van der Waals surface area contributed by atoms with Crippen molar-refractivity contribution in [1.29, 1.82) is 0 Å². The average molecular weight is 437 g/mol. The van der Waals surface area contributed by atoms with E-state index < -0.39 is 5.97 Å². The molecule has 0 amide bonds. The molecule has 2 unspecified atom stereocenters. The van der Waals surface area contributed by atoms with Crippen molar-refractivity contribution in [3.05, 3.63) is 47.5 Å². The summed E-state index contributed by atoms with van der Waals surface area (Å²) < 4.78 is 10.9. The van der Waals surface area contributed by atoms with Crippen LogP contribution in [0.4, 0.5) is 0 Å². The second-order valence-electron chi connectivity index (χ2n) is 10.7. The number of esters is 1. The van der Waals surface area contributed by atoms with Crippen LogP contribution < -0.4 is 0 Å². The molecule has 6 atom stereocenters. The van der Waals surface area contributed by atoms with E-state index in [1.165, 1.54) is 18.1 Å². The van der Waals surface area contributed by atoms with Crippen LogP contribution in [0.25, 0.3) is 0 Å². The van der Waals surface area contributed by atoms with E-state index in [0.29, 0.717) is 18.3 Å². The van der Waals surface area contributed by atoms with Gasteiger partial charge < -0.3 is 9.15 Å². The largest absolute Gasteiger partial charge is 0.469 e. The van der Waals surface area contributed by atoms with Gasteiger partial charge in [-0.15, -0.1) is 0 Å². The van der Waals surface area contributed by atoms with E-state index in [-0.39, 0.29) is 40.8 Å². The molecule has 0 bridgehead atoms. The van der Waals surface area contributed by atoms with Gasteiger partial charge in [0.25, 0.3) is 0 Å². The third-order valence-electron chi connectivity index (χ3n) is 9.07. The van der Waals surface area contributed by atoms with E-state index in [4.69, 9.17) is 9.15 Å². The van der Waals surface area contributed by atoms with Gasteiger partial charge in [-0.05, 0) is 67.6 Å². The predicted octanol–water partition coefficient (Wildman–Crippen LogP) is 5.17. The fraction of sp³-hybridized carbons (Fsp3) is 0.593. The molecule has 5 heteroatoms. The number of hydrogen-bond donors (Lipinski definition) is 0. The Kier molecular flexibility index (Phi) is 5.06. The Morgan fingerprint density at radius 1 is 1.22 bits per heavy atom. The number of carbonyl (C=O) groups excluding carboxylic acids is 3. The molecule has 2 saturated carbocycles. The van der Waals surface area contributed by atoms with E-state index in [1.807, 2.05) is 18.2 Å². The number of carbonyl (C=O) groups is 3. The van der Waals surface area contributed by atoms with Gasteiger partial charge in [-0.1, -0.05) is 31.1 Å². The third kappa shape index (κ3) is 3.15. The first kappa shape index (κ1) is 21.4. The van der Waals surface area contributed by atoms with Gasteiger partial charge in [0.15, 0.2) is 11.6 Å². The van der Waals surface area contributed by atoms with Gasteiger partial charge in [0, 0.05) is 30.6 Å². The summed E-state index contributed by atoms with van der Waals surface area (Å²) in [6, 6.07) is 3.86. The molecule has 4 aliphatic carbocycles. The van der Waals surface area contributed by atoms with Gasteiger partial charge in [-0.3, -0.25) is 14.4 Å². The minimum atomic E-state index is -0.426. The zero-order valence-electron chi connectivity index (χ0n) is 19.2. The monoisotopic (exact) mass is 436 g/mol. The maximum absolute atomic E-state index is 13.4. The Labute approximate surface area is 189 Å². The first-order valence-electron chi connectivity index (χ1n) is 11.9. The van der Waals surface area contributed by atoms with Gasteiger partial charge in [0.2, 0.25) is 0 Å². The maximum atomic E-state index is 13.4. The SMILES string of the molecule is CC(=O)OCC(=O)[C@H]1[C@H](c2ccco2)CC2C3CCC4=CC(=O)CC[C@]4(C)C3=CC[C@@]21C. The number of rotatable bonds is 4. The molecule has 0 radical (unpaired) electrons. The molecule has 4 aliphatic rings. The highest BCUT2D eigenvalue weighted by molar-refractivity contribution is 5.92. The maximum Gasteiger partial charge on any atom is 0.303 e. The zero-order chi connectivity index (χ0) is 22.7. The second kappa shape index (κ2) is 7.57. The number of furan rings is 1. The number of ether oxygens (including phenoxy) is 1.